The molecule has 0 aromatic heterocycles. The zero-order valence-electron chi connectivity index (χ0n) is 12.7. The molecule has 0 aliphatic rings. The first-order chi connectivity index (χ1) is 9.91. The van der Waals surface area contributed by atoms with E-state index in [-0.39, 0.29) is 0 Å². The molecule has 0 saturated heterocycles. The lowest BCUT2D eigenvalue weighted by molar-refractivity contribution is -0.145. The van der Waals surface area contributed by atoms with Crippen LogP contribution in [0.3, 0.4) is 0 Å². The molecule has 12 heteroatoms. The predicted octanol–water partition coefficient (Wildman–Crippen LogP) is -2.31. The van der Waals surface area contributed by atoms with Crippen molar-refractivity contribution in [3.63, 3.8) is 0 Å². The summed E-state index contributed by atoms with van der Waals surface area (Å²) in [4.78, 5) is 0. The lowest BCUT2D eigenvalue weighted by Gasteiger charge is -2.31. The van der Waals surface area contributed by atoms with Crippen molar-refractivity contribution in [1.29, 1.82) is 0 Å². The number of hydrogen-bond acceptors (Lipinski definition) is 10. The average Bonchev–Trinajstić information content (AvgIpc) is 2.37. The maximum atomic E-state index is 10.9. The van der Waals surface area contributed by atoms with Gasteiger partial charge in [0.1, 0.15) is 24.4 Å². The third kappa shape index (κ3) is 8.95. The van der Waals surface area contributed by atoms with Gasteiger partial charge in [0.15, 0.2) is 0 Å². The Balaban J connectivity index is 4.83. The van der Waals surface area contributed by atoms with Crippen molar-refractivity contribution in [2.45, 2.75) is 24.4 Å². The van der Waals surface area contributed by atoms with Crippen LogP contribution in [-0.2, 0) is 38.1 Å². The van der Waals surface area contributed by atoms with E-state index in [1.54, 1.807) is 0 Å². The lowest BCUT2D eigenvalue weighted by atomic mass is 10.0. The molecule has 0 spiro atoms. The van der Waals surface area contributed by atoms with Crippen LogP contribution in [0.15, 0.2) is 0 Å². The van der Waals surface area contributed by atoms with E-state index in [4.69, 9.17) is 9.47 Å². The zero-order chi connectivity index (χ0) is 17.6. The zero-order valence-corrected chi connectivity index (χ0v) is 14.3. The van der Waals surface area contributed by atoms with Crippen LogP contribution >= 0.6 is 0 Å². The van der Waals surface area contributed by atoms with Crippen molar-refractivity contribution in [2.24, 2.45) is 0 Å². The van der Waals surface area contributed by atoms with E-state index in [9.17, 15) is 27.0 Å². The van der Waals surface area contributed by atoms with Crippen LogP contribution in [0.5, 0.6) is 0 Å². The molecule has 2 N–H and O–H groups in total. The molecule has 0 aliphatic carbocycles. The highest BCUT2D eigenvalue weighted by molar-refractivity contribution is 7.86. The molecule has 0 unspecified atom stereocenters. The normalized spacial score (nSPS) is 18.6. The smallest absolute Gasteiger partial charge is 0.264 e. The van der Waals surface area contributed by atoms with Crippen molar-refractivity contribution in [3.05, 3.63) is 0 Å². The highest BCUT2D eigenvalue weighted by Crippen LogP contribution is 2.14. The molecule has 4 atom stereocenters. The molecule has 0 radical (unpaired) electrons. The van der Waals surface area contributed by atoms with Gasteiger partial charge >= 0.3 is 0 Å². The van der Waals surface area contributed by atoms with Crippen LogP contribution in [-0.4, -0.2) is 91.4 Å². The van der Waals surface area contributed by atoms with Gasteiger partial charge in [-0.15, -0.1) is 0 Å². The van der Waals surface area contributed by atoms with E-state index in [0.717, 1.165) is 12.5 Å². The number of aliphatic hydroxyl groups excluding tert-OH is 2. The average molecular weight is 366 g/mol. The molecule has 0 amide bonds. The number of hydrogen-bond donors (Lipinski definition) is 2. The van der Waals surface area contributed by atoms with Gasteiger partial charge in [-0.1, -0.05) is 0 Å². The molecule has 0 fully saturated rings. The van der Waals surface area contributed by atoms with E-state index in [2.05, 4.69) is 8.37 Å². The van der Waals surface area contributed by atoms with Gasteiger partial charge in [-0.3, -0.25) is 8.37 Å². The Bertz CT molecular complexity index is 466. The number of aliphatic hydroxyl groups is 2. The Hall–Kier alpha value is -0.340. The fourth-order valence-corrected chi connectivity index (χ4v) is 2.37. The second-order valence-corrected chi connectivity index (χ2v) is 7.80. The molecule has 0 aromatic carbocycles. The van der Waals surface area contributed by atoms with Crippen LogP contribution < -0.4 is 0 Å². The monoisotopic (exact) mass is 366 g/mol. The van der Waals surface area contributed by atoms with Crippen LogP contribution in [0.25, 0.3) is 0 Å². The molecule has 0 rings (SSSR count). The van der Waals surface area contributed by atoms with Crippen molar-refractivity contribution >= 4 is 20.2 Å². The number of methoxy groups -OCH3 is 2. The van der Waals surface area contributed by atoms with Gasteiger partial charge in [-0.05, 0) is 0 Å². The van der Waals surface area contributed by atoms with E-state index in [1.807, 2.05) is 0 Å². The third-order valence-electron chi connectivity index (χ3n) is 2.53. The van der Waals surface area contributed by atoms with E-state index in [0.29, 0.717) is 0 Å². The largest absolute Gasteiger partial charge is 0.388 e. The molecule has 0 aromatic rings. The summed E-state index contributed by atoms with van der Waals surface area (Å²) in [7, 11) is -5.13. The highest BCUT2D eigenvalue weighted by Gasteiger charge is 2.35. The number of ether oxygens (including phenoxy) is 2. The van der Waals surface area contributed by atoms with Crippen molar-refractivity contribution in [3.8, 4) is 0 Å². The molecule has 0 bridgehead atoms. The van der Waals surface area contributed by atoms with Gasteiger partial charge in [0, 0.05) is 14.2 Å². The minimum Gasteiger partial charge on any atom is -0.388 e. The first kappa shape index (κ1) is 21.7. The minimum absolute atomic E-state index is 0.614. The molecule has 0 saturated carbocycles. The molecular weight excluding hydrogens is 344 g/mol. The molecular formula is C10H22O10S2. The SMILES string of the molecule is CO[C@H]([C@H](OC)[C@H](O)COS(C)(=O)=O)[C@H](O)COS(C)(=O)=O. The minimum atomic E-state index is -3.77. The standard InChI is InChI=1S/C10H22O10S2/c1-17-9(7(11)5-19-21(3,13)14)10(18-2)8(12)6-20-22(4,15)16/h7-12H,5-6H2,1-4H3/t7-,8-,9-,10+/m1/s1. The Morgan fingerprint density at radius 1 is 0.773 bits per heavy atom. The Labute approximate surface area is 130 Å². The summed E-state index contributed by atoms with van der Waals surface area (Å²) in [6.45, 7) is -1.23. The van der Waals surface area contributed by atoms with Crippen LogP contribution in [0, 0.1) is 0 Å². The Morgan fingerprint density at radius 3 is 1.23 bits per heavy atom. The lowest BCUT2D eigenvalue weighted by Crippen LogP contribution is -2.50. The fraction of sp³-hybridized carbons (Fsp3) is 1.00. The van der Waals surface area contributed by atoms with Crippen LogP contribution in [0.4, 0.5) is 0 Å². The second-order valence-electron chi connectivity index (χ2n) is 4.51. The Kier molecular flexibility index (Phi) is 8.94. The molecule has 0 heterocycles. The summed E-state index contributed by atoms with van der Waals surface area (Å²) in [5.74, 6) is 0. The summed E-state index contributed by atoms with van der Waals surface area (Å²) in [5, 5.41) is 19.8. The quantitative estimate of drug-likeness (QED) is 0.382. The van der Waals surface area contributed by atoms with Gasteiger partial charge in [-0.2, -0.15) is 16.8 Å². The highest BCUT2D eigenvalue weighted by atomic mass is 32.2. The van der Waals surface area contributed by atoms with E-state index < -0.39 is 57.9 Å². The first-order valence-electron chi connectivity index (χ1n) is 6.01. The van der Waals surface area contributed by atoms with Gasteiger partial charge in [0.05, 0.1) is 25.7 Å². The topological polar surface area (TPSA) is 146 Å². The summed E-state index contributed by atoms with van der Waals surface area (Å²) in [6, 6.07) is 0. The van der Waals surface area contributed by atoms with Crippen LogP contribution in [0.2, 0.25) is 0 Å². The molecule has 10 nitrogen and oxygen atoms in total. The van der Waals surface area contributed by atoms with E-state index >= 15 is 0 Å². The molecule has 22 heavy (non-hydrogen) atoms. The second kappa shape index (κ2) is 9.08. The Morgan fingerprint density at radius 2 is 1.05 bits per heavy atom. The third-order valence-corrected chi connectivity index (χ3v) is 3.66. The van der Waals surface area contributed by atoms with Gasteiger partial charge < -0.3 is 19.7 Å². The fourth-order valence-electron chi connectivity index (χ4n) is 1.60. The summed E-state index contributed by atoms with van der Waals surface area (Å²) in [5.41, 5.74) is 0. The molecule has 0 aliphatic heterocycles. The van der Waals surface area contributed by atoms with Crippen molar-refractivity contribution in [2.75, 3.05) is 39.9 Å². The predicted molar refractivity (Wildman–Crippen MR) is 75.2 cm³/mol. The molecule has 134 valence electrons. The van der Waals surface area contributed by atoms with Crippen LogP contribution in [0.1, 0.15) is 0 Å². The van der Waals surface area contributed by atoms with Gasteiger partial charge in [0.2, 0.25) is 0 Å². The first-order valence-corrected chi connectivity index (χ1v) is 9.65. The maximum absolute atomic E-state index is 10.9. The summed E-state index contributed by atoms with van der Waals surface area (Å²) in [6.07, 6.45) is -3.63. The van der Waals surface area contributed by atoms with Gasteiger partial charge in [-0.25, -0.2) is 0 Å². The number of rotatable bonds is 11. The van der Waals surface area contributed by atoms with Crippen molar-refractivity contribution < 1.29 is 44.9 Å². The maximum Gasteiger partial charge on any atom is 0.264 e. The van der Waals surface area contributed by atoms with Crippen molar-refractivity contribution in [1.82, 2.24) is 0 Å². The summed E-state index contributed by atoms with van der Waals surface area (Å²) >= 11 is 0. The van der Waals surface area contributed by atoms with Gasteiger partial charge in [0.25, 0.3) is 20.2 Å². The summed E-state index contributed by atoms with van der Waals surface area (Å²) < 4.78 is 62.4. The van der Waals surface area contributed by atoms with E-state index in [1.165, 1.54) is 14.2 Å².